The van der Waals surface area contributed by atoms with Crippen LogP contribution in [0.3, 0.4) is 0 Å². The third-order valence-corrected chi connectivity index (χ3v) is 1.02. The Morgan fingerprint density at radius 2 is 2.09 bits per heavy atom. The molecule has 64 valence electrons. The van der Waals surface area contributed by atoms with Crippen LogP contribution >= 0.6 is 0 Å². The molecule has 0 radical (unpaired) electrons. The minimum Gasteiger partial charge on any atom is -0.506 e. The number of hydrogen-bond acceptors (Lipinski definition) is 3. The maximum Gasteiger partial charge on any atom is 0.132 e. The van der Waals surface area contributed by atoms with E-state index in [-0.39, 0.29) is 5.76 Å². The van der Waals surface area contributed by atoms with Crippen LogP contribution in [0.1, 0.15) is 13.8 Å². The Bertz CT molecular complexity index is 150. The van der Waals surface area contributed by atoms with Gasteiger partial charge in [0.1, 0.15) is 5.76 Å². The van der Waals surface area contributed by atoms with E-state index in [9.17, 15) is 0 Å². The molecule has 0 bridgehead atoms. The summed E-state index contributed by atoms with van der Waals surface area (Å²) in [5.74, 6) is 0.674. The highest BCUT2D eigenvalue weighted by Crippen LogP contribution is 1.96. The van der Waals surface area contributed by atoms with Crippen LogP contribution in [-0.2, 0) is 0 Å². The summed E-state index contributed by atoms with van der Waals surface area (Å²) >= 11 is 0. The topological polar surface area (TPSA) is 44.3 Å². The minimum atomic E-state index is 0.216. The highest BCUT2D eigenvalue weighted by molar-refractivity contribution is 5.09. The lowest BCUT2D eigenvalue weighted by atomic mass is 10.2. The fourth-order valence-electron chi connectivity index (χ4n) is 0.485. The summed E-state index contributed by atoms with van der Waals surface area (Å²) in [7, 11) is 1.73. The van der Waals surface area contributed by atoms with Crippen LogP contribution in [0.5, 0.6) is 0 Å². The number of hydrogen-bond donors (Lipinski definition) is 3. The van der Waals surface area contributed by atoms with Gasteiger partial charge in [-0.25, -0.2) is 5.43 Å². The van der Waals surface area contributed by atoms with Gasteiger partial charge in [0, 0.05) is 7.05 Å². The van der Waals surface area contributed by atoms with Crippen molar-refractivity contribution in [3.63, 3.8) is 0 Å². The van der Waals surface area contributed by atoms with Crippen molar-refractivity contribution in [3.05, 3.63) is 24.1 Å². The molecular formula is C8H16N2O. The van der Waals surface area contributed by atoms with E-state index in [2.05, 4.69) is 24.7 Å². The van der Waals surface area contributed by atoms with Crippen LogP contribution in [0, 0.1) is 5.92 Å². The second kappa shape index (κ2) is 5.80. The molecule has 0 heterocycles. The van der Waals surface area contributed by atoms with E-state index in [1.165, 1.54) is 6.20 Å². The van der Waals surface area contributed by atoms with E-state index in [1.807, 2.05) is 6.08 Å². The van der Waals surface area contributed by atoms with Crippen molar-refractivity contribution in [3.8, 4) is 0 Å². The monoisotopic (exact) mass is 156 g/mol. The molecule has 0 unspecified atom stereocenters. The molecule has 0 atom stereocenters. The quantitative estimate of drug-likeness (QED) is 0.327. The molecule has 0 saturated heterocycles. The molecule has 0 aliphatic heterocycles. The number of nitrogens with one attached hydrogen (secondary N) is 2. The molecular weight excluding hydrogens is 140 g/mol. The van der Waals surface area contributed by atoms with Gasteiger partial charge in [0.05, 0.1) is 6.20 Å². The zero-order valence-corrected chi connectivity index (χ0v) is 7.26. The van der Waals surface area contributed by atoms with Gasteiger partial charge in [-0.1, -0.05) is 19.9 Å². The first-order chi connectivity index (χ1) is 5.16. The molecule has 0 aromatic heterocycles. The van der Waals surface area contributed by atoms with E-state index < -0.39 is 0 Å². The fraction of sp³-hybridized carbons (Fsp3) is 0.500. The highest BCUT2D eigenvalue weighted by Gasteiger charge is 1.85. The molecule has 0 aliphatic carbocycles. The largest absolute Gasteiger partial charge is 0.506 e. The van der Waals surface area contributed by atoms with Gasteiger partial charge in [-0.05, 0) is 12.0 Å². The molecule has 0 rings (SSSR count). The number of aliphatic hydroxyl groups is 1. The van der Waals surface area contributed by atoms with E-state index >= 15 is 0 Å². The second-order valence-corrected chi connectivity index (χ2v) is 2.57. The molecule has 0 spiro atoms. The summed E-state index contributed by atoms with van der Waals surface area (Å²) in [5, 5.41) is 9.10. The van der Waals surface area contributed by atoms with Crippen molar-refractivity contribution in [1.29, 1.82) is 0 Å². The van der Waals surface area contributed by atoms with Gasteiger partial charge in [-0.15, -0.1) is 0 Å². The summed E-state index contributed by atoms with van der Waals surface area (Å²) in [4.78, 5) is 0. The predicted molar refractivity (Wildman–Crippen MR) is 46.9 cm³/mol. The first-order valence-corrected chi connectivity index (χ1v) is 3.66. The van der Waals surface area contributed by atoms with Crippen molar-refractivity contribution < 1.29 is 5.11 Å². The maximum atomic E-state index is 9.10. The third kappa shape index (κ3) is 6.93. The molecule has 0 amide bonds. The Kier molecular flexibility index (Phi) is 5.29. The molecule has 0 fully saturated rings. The average molecular weight is 156 g/mol. The number of aliphatic hydroxyl groups excluding tert-OH is 1. The van der Waals surface area contributed by atoms with Crippen LogP contribution in [0.25, 0.3) is 0 Å². The lowest BCUT2D eigenvalue weighted by molar-refractivity contribution is 0.424. The standard InChI is InChI=1S/C8H16N2O/c1-7(2)4-5-8(11)6-10-9-3/h4-7,9-11H,1-3H3/b5-4+,8-6+. The number of allylic oxidation sites excluding steroid dienone is 2. The summed E-state index contributed by atoms with van der Waals surface area (Å²) in [5.41, 5.74) is 5.32. The lowest BCUT2D eigenvalue weighted by Gasteiger charge is -1.96. The molecule has 3 N–H and O–H groups in total. The molecule has 0 aliphatic rings. The van der Waals surface area contributed by atoms with Crippen LogP contribution in [0.2, 0.25) is 0 Å². The SMILES string of the molecule is CNN/C=C(O)\C=C\C(C)C. The fourth-order valence-corrected chi connectivity index (χ4v) is 0.485. The molecule has 0 aromatic rings. The van der Waals surface area contributed by atoms with Gasteiger partial charge < -0.3 is 10.5 Å². The van der Waals surface area contributed by atoms with E-state index in [0.29, 0.717) is 5.92 Å². The van der Waals surface area contributed by atoms with Crippen molar-refractivity contribution >= 4 is 0 Å². The van der Waals surface area contributed by atoms with Crippen molar-refractivity contribution in [2.45, 2.75) is 13.8 Å². The normalized spacial score (nSPS) is 12.9. The summed E-state index contributed by atoms with van der Waals surface area (Å²) in [6, 6.07) is 0. The minimum absolute atomic E-state index is 0.216. The Morgan fingerprint density at radius 1 is 1.45 bits per heavy atom. The molecule has 3 heteroatoms. The Balaban J connectivity index is 3.75. The first kappa shape index (κ1) is 10.0. The summed E-state index contributed by atoms with van der Waals surface area (Å²) < 4.78 is 0. The lowest BCUT2D eigenvalue weighted by Crippen LogP contribution is -2.21. The van der Waals surface area contributed by atoms with E-state index in [4.69, 9.17) is 5.11 Å². The molecule has 0 saturated carbocycles. The van der Waals surface area contributed by atoms with Gasteiger partial charge in [0.25, 0.3) is 0 Å². The van der Waals surface area contributed by atoms with Gasteiger partial charge in [0.2, 0.25) is 0 Å². The third-order valence-electron chi connectivity index (χ3n) is 1.02. The van der Waals surface area contributed by atoms with E-state index in [1.54, 1.807) is 13.1 Å². The van der Waals surface area contributed by atoms with Crippen LogP contribution in [0.4, 0.5) is 0 Å². The van der Waals surface area contributed by atoms with Crippen molar-refractivity contribution in [2.24, 2.45) is 5.92 Å². The van der Waals surface area contributed by atoms with E-state index in [0.717, 1.165) is 0 Å². The highest BCUT2D eigenvalue weighted by atomic mass is 16.3. The molecule has 11 heavy (non-hydrogen) atoms. The maximum absolute atomic E-state index is 9.10. The molecule has 3 nitrogen and oxygen atoms in total. The van der Waals surface area contributed by atoms with Gasteiger partial charge in [-0.3, -0.25) is 0 Å². The Labute approximate surface area is 67.8 Å². The van der Waals surface area contributed by atoms with Crippen molar-refractivity contribution in [1.82, 2.24) is 10.9 Å². The number of hydrazine groups is 1. The van der Waals surface area contributed by atoms with Crippen LogP contribution in [0.15, 0.2) is 24.1 Å². The zero-order valence-electron chi connectivity index (χ0n) is 7.26. The number of rotatable bonds is 4. The van der Waals surface area contributed by atoms with Gasteiger partial charge in [-0.2, -0.15) is 0 Å². The van der Waals surface area contributed by atoms with Crippen LogP contribution in [-0.4, -0.2) is 12.2 Å². The summed E-state index contributed by atoms with van der Waals surface area (Å²) in [6.45, 7) is 4.10. The summed E-state index contributed by atoms with van der Waals surface area (Å²) in [6.07, 6.45) is 5.07. The van der Waals surface area contributed by atoms with Gasteiger partial charge >= 0.3 is 0 Å². The first-order valence-electron chi connectivity index (χ1n) is 3.66. The second-order valence-electron chi connectivity index (χ2n) is 2.57. The Hall–Kier alpha value is -0.960. The predicted octanol–water partition coefficient (Wildman–Crippen LogP) is 1.32. The molecule has 0 aromatic carbocycles. The van der Waals surface area contributed by atoms with Crippen LogP contribution < -0.4 is 10.9 Å². The average Bonchev–Trinajstić information content (AvgIpc) is 1.97. The Morgan fingerprint density at radius 3 is 2.55 bits per heavy atom. The zero-order chi connectivity index (χ0) is 8.69. The van der Waals surface area contributed by atoms with Gasteiger partial charge in [0.15, 0.2) is 0 Å². The smallest absolute Gasteiger partial charge is 0.132 e. The van der Waals surface area contributed by atoms with Crippen molar-refractivity contribution in [2.75, 3.05) is 7.05 Å².